The van der Waals surface area contributed by atoms with Crippen LogP contribution in [0.4, 0.5) is 18.9 Å². The first kappa shape index (κ1) is 23.8. The van der Waals surface area contributed by atoms with Crippen molar-refractivity contribution >= 4 is 17.5 Å². The van der Waals surface area contributed by atoms with E-state index in [-0.39, 0.29) is 30.7 Å². The number of likely N-dealkylation sites (N-methyl/N-ethyl adjacent to an activating group) is 1. The Balaban J connectivity index is 1.58. The van der Waals surface area contributed by atoms with Crippen LogP contribution in [0.2, 0.25) is 0 Å². The first-order valence-corrected chi connectivity index (χ1v) is 10.7. The van der Waals surface area contributed by atoms with Crippen LogP contribution in [0.15, 0.2) is 48.5 Å². The zero-order chi connectivity index (χ0) is 23.3. The summed E-state index contributed by atoms with van der Waals surface area (Å²) in [5, 5.41) is 5.39. The van der Waals surface area contributed by atoms with E-state index < -0.39 is 17.6 Å². The van der Waals surface area contributed by atoms with Gasteiger partial charge in [-0.2, -0.15) is 13.2 Å². The summed E-state index contributed by atoms with van der Waals surface area (Å²) in [6, 6.07) is 12.8. The van der Waals surface area contributed by atoms with E-state index in [2.05, 4.69) is 10.6 Å². The zero-order valence-electron chi connectivity index (χ0n) is 18.2. The molecule has 2 aromatic carbocycles. The fraction of sp³-hybridized carbons (Fsp3) is 0.417. The van der Waals surface area contributed by atoms with Crippen LogP contribution in [0.3, 0.4) is 0 Å². The Morgan fingerprint density at radius 3 is 2.25 bits per heavy atom. The van der Waals surface area contributed by atoms with Gasteiger partial charge in [0.1, 0.15) is 0 Å². The Hall–Kier alpha value is -2.87. The standard InChI is InChI=1S/C24H28F3N3O2/c1-3-30(14-21(31)28-20-7-5-4-6-19(20)24(25,26)27)15-22(32)29-23(18-12-13-18)17-10-8-16(2)9-11-17/h4-11,18,23H,3,12-15H2,1-2H3,(H,28,31)(H,29,32). The highest BCUT2D eigenvalue weighted by Gasteiger charge is 2.34. The Labute approximate surface area is 186 Å². The number of nitrogens with one attached hydrogen (secondary N) is 2. The van der Waals surface area contributed by atoms with Gasteiger partial charge in [0.15, 0.2) is 0 Å². The minimum atomic E-state index is -4.57. The second kappa shape index (κ2) is 10.2. The summed E-state index contributed by atoms with van der Waals surface area (Å²) in [5.74, 6) is -0.416. The first-order chi connectivity index (χ1) is 15.2. The molecule has 1 saturated carbocycles. The highest BCUT2D eigenvalue weighted by Crippen LogP contribution is 2.41. The number of anilines is 1. The van der Waals surface area contributed by atoms with Gasteiger partial charge in [-0.25, -0.2) is 0 Å². The van der Waals surface area contributed by atoms with Gasteiger partial charge in [-0.1, -0.05) is 48.9 Å². The molecule has 5 nitrogen and oxygen atoms in total. The summed E-state index contributed by atoms with van der Waals surface area (Å²) in [7, 11) is 0. The third-order valence-corrected chi connectivity index (χ3v) is 5.53. The van der Waals surface area contributed by atoms with Gasteiger partial charge >= 0.3 is 6.18 Å². The predicted octanol–water partition coefficient (Wildman–Crippen LogP) is 4.54. The molecule has 3 rings (SSSR count). The quantitative estimate of drug-likeness (QED) is 0.593. The minimum Gasteiger partial charge on any atom is -0.348 e. The van der Waals surface area contributed by atoms with Gasteiger partial charge in [0.05, 0.1) is 30.4 Å². The molecular weight excluding hydrogens is 419 g/mol. The molecule has 1 atom stereocenters. The Kier molecular flexibility index (Phi) is 7.56. The lowest BCUT2D eigenvalue weighted by Crippen LogP contribution is -2.42. The van der Waals surface area contributed by atoms with E-state index in [0.717, 1.165) is 30.0 Å². The number of hydrogen-bond donors (Lipinski definition) is 2. The predicted molar refractivity (Wildman–Crippen MR) is 117 cm³/mol. The Morgan fingerprint density at radius 1 is 1.03 bits per heavy atom. The lowest BCUT2D eigenvalue weighted by atomic mass is 10.0. The number of alkyl halides is 3. The maximum absolute atomic E-state index is 13.1. The van der Waals surface area contributed by atoms with Gasteiger partial charge in [0.25, 0.3) is 0 Å². The number of para-hydroxylation sites is 1. The molecule has 1 aliphatic carbocycles. The topological polar surface area (TPSA) is 61.4 Å². The van der Waals surface area contributed by atoms with Crippen LogP contribution in [0.25, 0.3) is 0 Å². The van der Waals surface area contributed by atoms with Crippen molar-refractivity contribution < 1.29 is 22.8 Å². The fourth-order valence-electron chi connectivity index (χ4n) is 3.61. The molecule has 1 unspecified atom stereocenters. The number of rotatable bonds is 9. The molecule has 0 spiro atoms. The SMILES string of the molecule is CCN(CC(=O)Nc1ccccc1C(F)(F)F)CC(=O)NC(c1ccc(C)cc1)C1CC1. The minimum absolute atomic E-state index is 0.0140. The summed E-state index contributed by atoms with van der Waals surface area (Å²) in [5.41, 5.74) is 0.999. The van der Waals surface area contributed by atoms with Crippen molar-refractivity contribution in [2.24, 2.45) is 5.92 Å². The van der Waals surface area contributed by atoms with Crippen molar-refractivity contribution in [3.63, 3.8) is 0 Å². The molecule has 2 N–H and O–H groups in total. The lowest BCUT2D eigenvalue weighted by Gasteiger charge is -2.23. The van der Waals surface area contributed by atoms with Crippen molar-refractivity contribution in [1.82, 2.24) is 10.2 Å². The molecule has 1 aliphatic rings. The number of amides is 2. The zero-order valence-corrected chi connectivity index (χ0v) is 18.2. The molecule has 172 valence electrons. The summed E-state index contributed by atoms with van der Waals surface area (Å²) < 4.78 is 39.4. The first-order valence-electron chi connectivity index (χ1n) is 10.7. The fourth-order valence-corrected chi connectivity index (χ4v) is 3.61. The normalized spacial score (nSPS) is 14.8. The third kappa shape index (κ3) is 6.56. The van der Waals surface area contributed by atoms with E-state index in [1.165, 1.54) is 18.2 Å². The summed E-state index contributed by atoms with van der Waals surface area (Å²) >= 11 is 0. The summed E-state index contributed by atoms with van der Waals surface area (Å²) in [4.78, 5) is 26.7. The highest BCUT2D eigenvalue weighted by molar-refractivity contribution is 5.93. The van der Waals surface area contributed by atoms with Gasteiger partial charge in [-0.15, -0.1) is 0 Å². The number of benzene rings is 2. The molecule has 2 amide bonds. The average molecular weight is 448 g/mol. The maximum atomic E-state index is 13.1. The van der Waals surface area contributed by atoms with E-state index in [0.29, 0.717) is 12.5 Å². The van der Waals surface area contributed by atoms with Crippen LogP contribution in [-0.2, 0) is 15.8 Å². The second-order valence-corrected chi connectivity index (χ2v) is 8.19. The monoisotopic (exact) mass is 447 g/mol. The van der Waals surface area contributed by atoms with Crippen LogP contribution in [0.1, 0.15) is 42.5 Å². The van der Waals surface area contributed by atoms with E-state index in [1.54, 1.807) is 11.8 Å². The molecule has 32 heavy (non-hydrogen) atoms. The molecule has 0 heterocycles. The summed E-state index contributed by atoms with van der Waals surface area (Å²) in [6.45, 7) is 4.00. The van der Waals surface area contributed by atoms with Crippen LogP contribution in [-0.4, -0.2) is 36.3 Å². The third-order valence-electron chi connectivity index (χ3n) is 5.53. The van der Waals surface area contributed by atoms with Gasteiger partial charge in [0.2, 0.25) is 11.8 Å². The Bertz CT molecular complexity index is 940. The molecule has 0 aliphatic heterocycles. The average Bonchev–Trinajstić information content (AvgIpc) is 3.57. The van der Waals surface area contributed by atoms with Gasteiger partial charge in [-0.05, 0) is 49.9 Å². The highest BCUT2D eigenvalue weighted by atomic mass is 19.4. The van der Waals surface area contributed by atoms with Gasteiger partial charge in [0, 0.05) is 0 Å². The molecule has 0 saturated heterocycles. The smallest absolute Gasteiger partial charge is 0.348 e. The molecule has 1 fully saturated rings. The van der Waals surface area contributed by atoms with Crippen molar-refractivity contribution in [2.45, 2.75) is 38.9 Å². The van der Waals surface area contributed by atoms with E-state index in [9.17, 15) is 22.8 Å². The maximum Gasteiger partial charge on any atom is 0.418 e. The molecule has 0 bridgehead atoms. The van der Waals surface area contributed by atoms with Crippen LogP contribution in [0.5, 0.6) is 0 Å². The number of aryl methyl sites for hydroxylation is 1. The summed E-state index contributed by atoms with van der Waals surface area (Å²) in [6.07, 6.45) is -2.46. The molecular formula is C24H28F3N3O2. The van der Waals surface area contributed by atoms with Gasteiger partial charge < -0.3 is 10.6 Å². The second-order valence-electron chi connectivity index (χ2n) is 8.19. The number of halogens is 3. The van der Waals surface area contributed by atoms with Crippen molar-refractivity contribution in [3.05, 3.63) is 65.2 Å². The van der Waals surface area contributed by atoms with Crippen LogP contribution in [0, 0.1) is 12.8 Å². The molecule has 0 radical (unpaired) electrons. The van der Waals surface area contributed by atoms with Crippen molar-refractivity contribution in [2.75, 3.05) is 25.0 Å². The van der Waals surface area contributed by atoms with E-state index in [4.69, 9.17) is 0 Å². The van der Waals surface area contributed by atoms with Crippen LogP contribution >= 0.6 is 0 Å². The molecule has 0 aromatic heterocycles. The number of nitrogens with zero attached hydrogens (tertiary/aromatic N) is 1. The largest absolute Gasteiger partial charge is 0.418 e. The molecule has 2 aromatic rings. The van der Waals surface area contributed by atoms with Crippen LogP contribution < -0.4 is 10.6 Å². The number of carbonyl (C=O) groups excluding carboxylic acids is 2. The van der Waals surface area contributed by atoms with E-state index in [1.807, 2.05) is 31.2 Å². The van der Waals surface area contributed by atoms with Crippen molar-refractivity contribution in [3.8, 4) is 0 Å². The lowest BCUT2D eigenvalue weighted by molar-refractivity contribution is -0.137. The van der Waals surface area contributed by atoms with Gasteiger partial charge in [-0.3, -0.25) is 14.5 Å². The number of carbonyl (C=O) groups is 2. The number of hydrogen-bond acceptors (Lipinski definition) is 3. The Morgan fingerprint density at radius 2 is 1.66 bits per heavy atom. The van der Waals surface area contributed by atoms with E-state index >= 15 is 0 Å². The molecule has 8 heteroatoms. The van der Waals surface area contributed by atoms with Crippen molar-refractivity contribution in [1.29, 1.82) is 0 Å².